The number of H-pyrrole nitrogens is 1. The van der Waals surface area contributed by atoms with Crippen LogP contribution in [0.25, 0.3) is 10.2 Å². The fourth-order valence-electron chi connectivity index (χ4n) is 3.11. The Labute approximate surface area is 190 Å². The van der Waals surface area contributed by atoms with E-state index in [1.54, 1.807) is 29.6 Å². The van der Waals surface area contributed by atoms with Crippen LogP contribution in [-0.4, -0.2) is 27.0 Å². The van der Waals surface area contributed by atoms with Gasteiger partial charge in [-0.25, -0.2) is 14.2 Å². The van der Waals surface area contributed by atoms with Gasteiger partial charge in [0.2, 0.25) is 5.82 Å². The van der Waals surface area contributed by atoms with Crippen molar-refractivity contribution in [3.8, 4) is 0 Å². The molecule has 0 saturated carbocycles. The van der Waals surface area contributed by atoms with E-state index >= 15 is 0 Å². The van der Waals surface area contributed by atoms with E-state index in [4.69, 9.17) is 9.84 Å². The first-order valence-corrected chi connectivity index (χ1v) is 10.7. The highest BCUT2D eigenvalue weighted by molar-refractivity contribution is 7.16. The number of hydrogen-bond acceptors (Lipinski definition) is 6. The van der Waals surface area contributed by atoms with Crippen molar-refractivity contribution in [2.45, 2.75) is 19.8 Å². The third kappa shape index (κ3) is 5.30. The fourth-order valence-corrected chi connectivity index (χ4v) is 4.04. The van der Waals surface area contributed by atoms with Crippen LogP contribution >= 0.6 is 11.3 Å². The van der Waals surface area contributed by atoms with Gasteiger partial charge < -0.3 is 20.1 Å². The number of ether oxygens (including phenoxy) is 1. The van der Waals surface area contributed by atoms with Gasteiger partial charge in [0.1, 0.15) is 10.6 Å². The van der Waals surface area contributed by atoms with Gasteiger partial charge in [-0.1, -0.05) is 24.3 Å². The topological polar surface area (TPSA) is 121 Å². The molecule has 10 heteroatoms. The number of thiophene rings is 1. The second-order valence-electron chi connectivity index (χ2n) is 7.16. The summed E-state index contributed by atoms with van der Waals surface area (Å²) in [5, 5.41) is 13.7. The van der Waals surface area contributed by atoms with Crippen LogP contribution in [0.2, 0.25) is 0 Å². The van der Waals surface area contributed by atoms with E-state index < -0.39 is 17.4 Å². The smallest absolute Gasteiger partial charge is 0.335 e. The zero-order valence-electron chi connectivity index (χ0n) is 17.1. The molecule has 4 rings (SSSR count). The molecule has 3 N–H and O–H groups in total. The summed E-state index contributed by atoms with van der Waals surface area (Å²) in [4.78, 5) is 43.1. The van der Waals surface area contributed by atoms with Crippen molar-refractivity contribution in [1.82, 2.24) is 15.3 Å². The van der Waals surface area contributed by atoms with Gasteiger partial charge in [-0.05, 0) is 40.8 Å². The maximum absolute atomic E-state index is 13.0. The van der Waals surface area contributed by atoms with Gasteiger partial charge in [0.25, 0.3) is 11.5 Å². The van der Waals surface area contributed by atoms with E-state index in [0.717, 1.165) is 5.56 Å². The number of aromatic amines is 1. The lowest BCUT2D eigenvalue weighted by Crippen LogP contribution is -2.27. The average Bonchev–Trinajstić information content (AvgIpc) is 3.22. The second-order valence-corrected chi connectivity index (χ2v) is 8.02. The van der Waals surface area contributed by atoms with Crippen molar-refractivity contribution < 1.29 is 23.8 Å². The number of benzene rings is 2. The van der Waals surface area contributed by atoms with Gasteiger partial charge in [0, 0.05) is 12.1 Å². The van der Waals surface area contributed by atoms with Crippen LogP contribution in [0.15, 0.2) is 58.7 Å². The van der Waals surface area contributed by atoms with Crippen molar-refractivity contribution in [2.24, 2.45) is 0 Å². The Bertz CT molecular complexity index is 1360. The van der Waals surface area contributed by atoms with E-state index in [2.05, 4.69) is 15.3 Å². The lowest BCUT2D eigenvalue weighted by molar-refractivity contribution is 0.0696. The zero-order valence-corrected chi connectivity index (χ0v) is 17.9. The molecule has 0 aliphatic carbocycles. The molecule has 1 amide bonds. The van der Waals surface area contributed by atoms with Crippen LogP contribution in [-0.2, 0) is 24.5 Å². The molecule has 2 aromatic carbocycles. The number of amides is 1. The number of aromatic nitrogens is 2. The van der Waals surface area contributed by atoms with Crippen LogP contribution < -0.4 is 10.9 Å². The first kappa shape index (κ1) is 22.3. The van der Waals surface area contributed by atoms with Crippen molar-refractivity contribution in [3.63, 3.8) is 0 Å². The van der Waals surface area contributed by atoms with Gasteiger partial charge in [0.05, 0.1) is 24.2 Å². The fraction of sp³-hybridized carbons (Fsp3) is 0.130. The summed E-state index contributed by atoms with van der Waals surface area (Å²) >= 11 is 1.23. The Morgan fingerprint density at radius 3 is 2.45 bits per heavy atom. The molecule has 8 nitrogen and oxygen atoms in total. The van der Waals surface area contributed by atoms with E-state index in [0.29, 0.717) is 21.3 Å². The van der Waals surface area contributed by atoms with Crippen molar-refractivity contribution in [2.75, 3.05) is 0 Å². The highest BCUT2D eigenvalue weighted by Gasteiger charge is 2.15. The van der Waals surface area contributed by atoms with Gasteiger partial charge in [-0.3, -0.25) is 9.59 Å². The predicted octanol–water partition coefficient (Wildman–Crippen LogP) is 3.47. The maximum Gasteiger partial charge on any atom is 0.335 e. The first-order valence-electron chi connectivity index (χ1n) is 9.83. The average molecular weight is 467 g/mol. The Morgan fingerprint density at radius 2 is 1.76 bits per heavy atom. The number of nitrogens with zero attached hydrogens (tertiary/aromatic N) is 1. The van der Waals surface area contributed by atoms with E-state index in [-0.39, 0.29) is 37.0 Å². The van der Waals surface area contributed by atoms with Crippen molar-refractivity contribution >= 4 is 33.4 Å². The number of carbonyl (C=O) groups is 2. The summed E-state index contributed by atoms with van der Waals surface area (Å²) in [6, 6.07) is 12.0. The van der Waals surface area contributed by atoms with Gasteiger partial charge in [-0.2, -0.15) is 0 Å². The maximum atomic E-state index is 13.0. The largest absolute Gasteiger partial charge is 0.478 e. The van der Waals surface area contributed by atoms with Crippen LogP contribution in [0.3, 0.4) is 0 Å². The van der Waals surface area contributed by atoms with Gasteiger partial charge in [0.15, 0.2) is 0 Å². The van der Waals surface area contributed by atoms with Crippen LogP contribution in [0, 0.1) is 5.82 Å². The summed E-state index contributed by atoms with van der Waals surface area (Å²) in [5.41, 5.74) is 1.90. The van der Waals surface area contributed by atoms with Crippen LogP contribution in [0.1, 0.15) is 37.7 Å². The summed E-state index contributed by atoms with van der Waals surface area (Å²) < 4.78 is 18.7. The van der Waals surface area contributed by atoms with E-state index in [9.17, 15) is 18.8 Å². The molecular weight excluding hydrogens is 449 g/mol. The summed E-state index contributed by atoms with van der Waals surface area (Å²) in [6.45, 7) is 0.561. The number of nitrogens with one attached hydrogen (secondary N) is 2. The SMILES string of the molecule is O=C(O)c1ccc(COCc2csc3nc(C(=O)NCc4ccc(F)cc4)[nH]c(=O)c23)cc1. The Hall–Kier alpha value is -3.89. The number of aromatic carboxylic acids is 1. The minimum absolute atomic E-state index is 0.109. The molecule has 0 aliphatic rings. The monoisotopic (exact) mass is 467 g/mol. The molecule has 0 unspecified atom stereocenters. The van der Waals surface area contributed by atoms with E-state index in [1.165, 1.54) is 35.6 Å². The third-order valence-electron chi connectivity index (χ3n) is 4.83. The summed E-state index contributed by atoms with van der Waals surface area (Å²) in [5.74, 6) is -2.02. The highest BCUT2D eigenvalue weighted by atomic mass is 32.1. The molecule has 2 aromatic heterocycles. The van der Waals surface area contributed by atoms with E-state index in [1.807, 2.05) is 0 Å². The first-order chi connectivity index (χ1) is 15.9. The molecule has 4 aromatic rings. The minimum Gasteiger partial charge on any atom is -0.478 e. The predicted molar refractivity (Wildman–Crippen MR) is 120 cm³/mol. The molecular formula is C23H18FN3O5S. The number of carboxylic acids is 1. The Morgan fingerprint density at radius 1 is 1.06 bits per heavy atom. The number of hydrogen-bond donors (Lipinski definition) is 3. The van der Waals surface area contributed by atoms with Gasteiger partial charge >= 0.3 is 5.97 Å². The van der Waals surface area contributed by atoms with Crippen molar-refractivity contribution in [1.29, 1.82) is 0 Å². The normalized spacial score (nSPS) is 10.9. The summed E-state index contributed by atoms with van der Waals surface area (Å²) in [7, 11) is 0. The highest BCUT2D eigenvalue weighted by Crippen LogP contribution is 2.22. The standard InChI is InChI=1S/C23H18FN3O5S/c24-17-7-3-13(4-8-17)9-25-21(29)19-26-20(28)18-16(12-33-22(18)27-19)11-32-10-14-1-5-15(6-2-14)23(30)31/h1-8,12H,9-11H2,(H,25,29)(H,30,31)(H,26,27,28). The molecule has 0 radical (unpaired) electrons. The lowest BCUT2D eigenvalue weighted by atomic mass is 10.1. The number of carboxylic acid groups (broad SMARTS) is 1. The third-order valence-corrected chi connectivity index (χ3v) is 5.75. The molecule has 33 heavy (non-hydrogen) atoms. The minimum atomic E-state index is -0.998. The molecule has 2 heterocycles. The Kier molecular flexibility index (Phi) is 6.57. The molecule has 0 fully saturated rings. The van der Waals surface area contributed by atoms with Gasteiger partial charge in [-0.15, -0.1) is 11.3 Å². The molecule has 0 saturated heterocycles. The molecule has 0 atom stereocenters. The number of rotatable bonds is 8. The quantitative estimate of drug-likeness (QED) is 0.365. The molecule has 0 aliphatic heterocycles. The summed E-state index contributed by atoms with van der Waals surface area (Å²) in [6.07, 6.45) is 0. The number of halogens is 1. The molecule has 0 bridgehead atoms. The lowest BCUT2D eigenvalue weighted by Gasteiger charge is -2.06. The Balaban J connectivity index is 1.40. The number of carbonyl (C=O) groups excluding carboxylic acids is 1. The van der Waals surface area contributed by atoms with Crippen molar-refractivity contribution in [3.05, 3.63) is 98.2 Å². The molecule has 168 valence electrons. The number of fused-ring (bicyclic) bond motifs is 1. The second kappa shape index (κ2) is 9.72. The molecule has 0 spiro atoms. The zero-order chi connectivity index (χ0) is 23.4. The van der Waals surface area contributed by atoms with Crippen LogP contribution in [0.5, 0.6) is 0 Å². The van der Waals surface area contributed by atoms with Crippen LogP contribution in [0.4, 0.5) is 4.39 Å².